The van der Waals surface area contributed by atoms with E-state index in [2.05, 4.69) is 4.74 Å². The predicted octanol–water partition coefficient (Wildman–Crippen LogP) is 0.501. The average molecular weight is 213 g/mol. The second-order valence-corrected chi connectivity index (χ2v) is 2.93. The molecule has 5 heteroatoms. The molecule has 0 aromatic rings. The second kappa shape index (κ2) is 6.75. The van der Waals surface area contributed by atoms with Crippen LogP contribution in [0, 0.1) is 0 Å². The van der Waals surface area contributed by atoms with Gasteiger partial charge in [0, 0.05) is 31.7 Å². The smallest absolute Gasteiger partial charge is 0.332 e. The first-order valence-electron chi connectivity index (χ1n) is 4.51. The van der Waals surface area contributed by atoms with Gasteiger partial charge >= 0.3 is 5.97 Å². The normalized spacial score (nSPS) is 10.7. The minimum absolute atomic E-state index is 0.213. The molecular formula is C10H15NO4. The van der Waals surface area contributed by atoms with E-state index >= 15 is 0 Å². The molecule has 0 aromatic heterocycles. The molecule has 0 radical (unpaired) electrons. The van der Waals surface area contributed by atoms with Crippen LogP contribution >= 0.6 is 0 Å². The van der Waals surface area contributed by atoms with E-state index in [1.54, 1.807) is 6.92 Å². The van der Waals surface area contributed by atoms with Crippen LogP contribution in [0.15, 0.2) is 11.8 Å². The summed E-state index contributed by atoms with van der Waals surface area (Å²) in [7, 11) is 1.26. The average Bonchev–Trinajstić information content (AvgIpc) is 2.17. The molecule has 84 valence electrons. The molecule has 0 saturated carbocycles. The first-order chi connectivity index (χ1) is 7.02. The van der Waals surface area contributed by atoms with Crippen LogP contribution in [0.5, 0.6) is 0 Å². The number of nitrogens with zero attached hydrogens (tertiary/aromatic N) is 1. The molecule has 0 aliphatic rings. The molecule has 0 N–H and O–H groups in total. The van der Waals surface area contributed by atoms with Crippen LogP contribution in [0.3, 0.4) is 0 Å². The second-order valence-electron chi connectivity index (χ2n) is 2.93. The van der Waals surface area contributed by atoms with Crippen molar-refractivity contribution in [3.8, 4) is 0 Å². The van der Waals surface area contributed by atoms with Crippen molar-refractivity contribution in [3.05, 3.63) is 11.8 Å². The Hall–Kier alpha value is -1.65. The molecule has 0 bridgehead atoms. The fourth-order valence-corrected chi connectivity index (χ4v) is 1.07. The number of allylic oxidation sites excluding steroid dienone is 1. The van der Waals surface area contributed by atoms with Gasteiger partial charge in [0.2, 0.25) is 5.91 Å². The van der Waals surface area contributed by atoms with Gasteiger partial charge in [-0.2, -0.15) is 0 Å². The fraction of sp³-hybridized carbons (Fsp3) is 0.500. The maximum atomic E-state index is 11.2. The maximum absolute atomic E-state index is 11.2. The van der Waals surface area contributed by atoms with Gasteiger partial charge in [-0.1, -0.05) is 0 Å². The largest absolute Gasteiger partial charge is 0.466 e. The van der Waals surface area contributed by atoms with Crippen LogP contribution in [0.2, 0.25) is 0 Å². The molecule has 0 aliphatic carbocycles. The topological polar surface area (TPSA) is 63.7 Å². The van der Waals surface area contributed by atoms with E-state index in [0.717, 1.165) is 6.29 Å². The Morgan fingerprint density at radius 3 is 2.33 bits per heavy atom. The summed E-state index contributed by atoms with van der Waals surface area (Å²) in [6, 6.07) is 0. The Balaban J connectivity index is 4.60. The van der Waals surface area contributed by atoms with Gasteiger partial charge in [-0.25, -0.2) is 4.79 Å². The summed E-state index contributed by atoms with van der Waals surface area (Å²) in [5.41, 5.74) is 0.469. The molecule has 0 atom stereocenters. The zero-order chi connectivity index (χ0) is 11.8. The molecule has 0 unspecified atom stereocenters. The maximum Gasteiger partial charge on any atom is 0.332 e. The number of methoxy groups -OCH3 is 1. The minimum atomic E-state index is -0.523. The number of esters is 1. The van der Waals surface area contributed by atoms with Crippen LogP contribution in [0.1, 0.15) is 20.3 Å². The van der Waals surface area contributed by atoms with Crippen molar-refractivity contribution < 1.29 is 19.1 Å². The van der Waals surface area contributed by atoms with Crippen molar-refractivity contribution in [1.82, 2.24) is 4.90 Å². The third kappa shape index (κ3) is 4.95. The lowest BCUT2D eigenvalue weighted by molar-refractivity contribution is -0.135. The van der Waals surface area contributed by atoms with Gasteiger partial charge in [-0.15, -0.1) is 0 Å². The summed E-state index contributed by atoms with van der Waals surface area (Å²) in [6.45, 7) is 3.26. The van der Waals surface area contributed by atoms with Gasteiger partial charge in [0.25, 0.3) is 0 Å². The van der Waals surface area contributed by atoms with Gasteiger partial charge < -0.3 is 14.4 Å². The zero-order valence-corrected chi connectivity index (χ0v) is 9.15. The highest BCUT2D eigenvalue weighted by Gasteiger charge is 2.11. The van der Waals surface area contributed by atoms with Gasteiger partial charge in [0.15, 0.2) is 0 Å². The number of amides is 1. The van der Waals surface area contributed by atoms with Crippen LogP contribution in [0.4, 0.5) is 0 Å². The van der Waals surface area contributed by atoms with E-state index in [1.807, 2.05) is 0 Å². The molecule has 0 aromatic carbocycles. The molecule has 0 heterocycles. The summed E-state index contributed by atoms with van der Waals surface area (Å²) in [5, 5.41) is 0. The van der Waals surface area contributed by atoms with E-state index in [0.29, 0.717) is 5.70 Å². The molecule has 1 amide bonds. The van der Waals surface area contributed by atoms with E-state index in [9.17, 15) is 14.4 Å². The lowest BCUT2D eigenvalue weighted by atomic mass is 10.3. The lowest BCUT2D eigenvalue weighted by Gasteiger charge is -2.20. The number of rotatable bonds is 5. The fourth-order valence-electron chi connectivity index (χ4n) is 1.07. The highest BCUT2D eigenvalue weighted by Crippen LogP contribution is 2.04. The first-order valence-corrected chi connectivity index (χ1v) is 4.51. The molecule has 0 saturated heterocycles. The van der Waals surface area contributed by atoms with Crippen LogP contribution in [-0.2, 0) is 19.1 Å². The van der Waals surface area contributed by atoms with Crippen molar-refractivity contribution in [2.45, 2.75) is 20.3 Å². The van der Waals surface area contributed by atoms with Gasteiger partial charge in [-0.05, 0) is 6.92 Å². The molecular weight excluding hydrogens is 198 g/mol. The first kappa shape index (κ1) is 13.4. The molecule has 0 spiro atoms. The van der Waals surface area contributed by atoms with Crippen LogP contribution in [-0.4, -0.2) is 36.7 Å². The molecule has 0 fully saturated rings. The molecule has 15 heavy (non-hydrogen) atoms. The SMILES string of the molecule is COC(=O)/C=C(\C)N(CCC=O)C(C)=O. The Morgan fingerprint density at radius 1 is 1.33 bits per heavy atom. The summed E-state index contributed by atoms with van der Waals surface area (Å²) >= 11 is 0. The van der Waals surface area contributed by atoms with E-state index < -0.39 is 5.97 Å². The highest BCUT2D eigenvalue weighted by molar-refractivity contribution is 5.84. The quantitative estimate of drug-likeness (QED) is 0.379. The number of ether oxygens (including phenoxy) is 1. The third-order valence-electron chi connectivity index (χ3n) is 1.80. The molecule has 0 rings (SSSR count). The summed E-state index contributed by atoms with van der Waals surface area (Å²) in [5.74, 6) is -0.737. The van der Waals surface area contributed by atoms with Crippen molar-refractivity contribution in [3.63, 3.8) is 0 Å². The predicted molar refractivity (Wildman–Crippen MR) is 53.8 cm³/mol. The number of carbonyl (C=O) groups is 3. The highest BCUT2D eigenvalue weighted by atomic mass is 16.5. The van der Waals surface area contributed by atoms with Gasteiger partial charge in [-0.3, -0.25) is 4.79 Å². The van der Waals surface area contributed by atoms with Gasteiger partial charge in [0.05, 0.1) is 7.11 Å². The lowest BCUT2D eigenvalue weighted by Crippen LogP contribution is -2.28. The number of aldehydes is 1. The summed E-state index contributed by atoms with van der Waals surface area (Å²) in [4.78, 5) is 33.6. The van der Waals surface area contributed by atoms with E-state index in [4.69, 9.17) is 0 Å². The van der Waals surface area contributed by atoms with Crippen molar-refractivity contribution in [2.75, 3.05) is 13.7 Å². The van der Waals surface area contributed by atoms with Gasteiger partial charge in [0.1, 0.15) is 6.29 Å². The third-order valence-corrected chi connectivity index (χ3v) is 1.80. The monoisotopic (exact) mass is 213 g/mol. The van der Waals surface area contributed by atoms with E-state index in [-0.39, 0.29) is 18.9 Å². The van der Waals surface area contributed by atoms with Crippen molar-refractivity contribution in [1.29, 1.82) is 0 Å². The Morgan fingerprint density at radius 2 is 1.93 bits per heavy atom. The standard InChI is InChI=1S/C10H15NO4/c1-8(7-10(14)15-3)11(9(2)13)5-4-6-12/h6-7H,4-5H2,1-3H3/b8-7+. The van der Waals surface area contributed by atoms with Crippen LogP contribution in [0.25, 0.3) is 0 Å². The summed E-state index contributed by atoms with van der Waals surface area (Å²) < 4.78 is 4.43. The Kier molecular flexibility index (Phi) is 6.01. The minimum Gasteiger partial charge on any atom is -0.466 e. The molecule has 5 nitrogen and oxygen atoms in total. The van der Waals surface area contributed by atoms with Crippen molar-refractivity contribution >= 4 is 18.2 Å². The van der Waals surface area contributed by atoms with E-state index in [1.165, 1.54) is 25.0 Å². The number of hydrogen-bond acceptors (Lipinski definition) is 4. The van der Waals surface area contributed by atoms with Crippen molar-refractivity contribution in [2.24, 2.45) is 0 Å². The Labute approximate surface area is 88.7 Å². The summed E-state index contributed by atoms with van der Waals surface area (Å²) in [6.07, 6.45) is 2.18. The number of carbonyl (C=O) groups excluding carboxylic acids is 3. The Bertz CT molecular complexity index is 283. The zero-order valence-electron chi connectivity index (χ0n) is 9.15. The molecule has 0 aliphatic heterocycles. The number of hydrogen-bond donors (Lipinski definition) is 0. The van der Waals surface area contributed by atoms with Crippen LogP contribution < -0.4 is 0 Å².